The Kier molecular flexibility index (Phi) is 4.94. The lowest BCUT2D eigenvalue weighted by atomic mass is 10.2. The molecule has 2 aromatic rings. The van der Waals surface area contributed by atoms with E-state index in [2.05, 4.69) is 15.4 Å². The first-order valence-corrected chi connectivity index (χ1v) is 7.27. The molecular weight excluding hydrogens is 288 g/mol. The number of hydrogen-bond acceptors (Lipinski definition) is 4. The number of amides is 2. The van der Waals surface area contributed by atoms with Gasteiger partial charge < -0.3 is 15.4 Å². The van der Waals surface area contributed by atoms with Crippen molar-refractivity contribution in [1.29, 1.82) is 0 Å². The van der Waals surface area contributed by atoms with Crippen LogP contribution in [-0.4, -0.2) is 19.1 Å². The fourth-order valence-corrected chi connectivity index (χ4v) is 2.51. The number of carbonyl (C=O) groups is 2. The second kappa shape index (κ2) is 6.90. The molecule has 1 aromatic heterocycles. The molecule has 2 amide bonds. The minimum atomic E-state index is -0.405. The van der Waals surface area contributed by atoms with Gasteiger partial charge in [-0.05, 0) is 42.6 Å². The lowest BCUT2D eigenvalue weighted by Crippen LogP contribution is -2.30. The Hall–Kier alpha value is -2.34. The van der Waals surface area contributed by atoms with Crippen LogP contribution in [0.25, 0.3) is 0 Å². The van der Waals surface area contributed by atoms with Gasteiger partial charge in [0.1, 0.15) is 0 Å². The Bertz CT molecular complexity index is 608. The molecule has 1 aromatic carbocycles. The number of rotatable bonds is 4. The molecule has 0 radical (unpaired) electrons. The van der Waals surface area contributed by atoms with Gasteiger partial charge in [-0.2, -0.15) is 0 Å². The zero-order chi connectivity index (χ0) is 15.2. The normalized spacial score (nSPS) is 11.5. The summed E-state index contributed by atoms with van der Waals surface area (Å²) < 4.78 is 4.61. The van der Waals surface area contributed by atoms with Crippen molar-refractivity contribution in [3.8, 4) is 0 Å². The number of ether oxygens (including phenoxy) is 1. The van der Waals surface area contributed by atoms with Gasteiger partial charge >= 0.3 is 12.0 Å². The smallest absolute Gasteiger partial charge is 0.337 e. The Balaban J connectivity index is 1.92. The van der Waals surface area contributed by atoms with Crippen molar-refractivity contribution < 1.29 is 14.3 Å². The van der Waals surface area contributed by atoms with Gasteiger partial charge in [0, 0.05) is 10.6 Å². The summed E-state index contributed by atoms with van der Waals surface area (Å²) in [6.45, 7) is 1.92. The molecule has 110 valence electrons. The van der Waals surface area contributed by atoms with Crippen molar-refractivity contribution in [3.05, 3.63) is 52.2 Å². The van der Waals surface area contributed by atoms with E-state index in [0.29, 0.717) is 11.3 Å². The highest BCUT2D eigenvalue weighted by Crippen LogP contribution is 2.18. The maximum atomic E-state index is 11.9. The van der Waals surface area contributed by atoms with E-state index in [0.717, 1.165) is 4.88 Å². The highest BCUT2D eigenvalue weighted by atomic mass is 32.1. The maximum absolute atomic E-state index is 11.9. The molecule has 0 aliphatic heterocycles. The van der Waals surface area contributed by atoms with E-state index in [9.17, 15) is 9.59 Å². The molecular formula is C15H16N2O3S. The average Bonchev–Trinajstić information content (AvgIpc) is 3.01. The molecule has 2 rings (SSSR count). The van der Waals surface area contributed by atoms with Crippen LogP contribution >= 0.6 is 11.3 Å². The predicted octanol–water partition coefficient (Wildman–Crippen LogP) is 3.42. The van der Waals surface area contributed by atoms with Gasteiger partial charge in [0.05, 0.1) is 18.7 Å². The van der Waals surface area contributed by atoms with Crippen LogP contribution < -0.4 is 10.6 Å². The van der Waals surface area contributed by atoms with Crippen molar-refractivity contribution in [2.24, 2.45) is 0 Å². The number of carbonyl (C=O) groups excluding carboxylic acids is 2. The first-order chi connectivity index (χ1) is 10.1. The summed E-state index contributed by atoms with van der Waals surface area (Å²) in [6, 6.07) is 10.1. The molecule has 0 unspecified atom stereocenters. The summed E-state index contributed by atoms with van der Waals surface area (Å²) in [5, 5.41) is 7.54. The molecule has 1 atom stereocenters. The molecule has 0 spiro atoms. The third-order valence-corrected chi connectivity index (χ3v) is 3.94. The van der Waals surface area contributed by atoms with Crippen LogP contribution in [0.1, 0.15) is 28.2 Å². The van der Waals surface area contributed by atoms with Crippen LogP contribution in [0.3, 0.4) is 0 Å². The predicted molar refractivity (Wildman–Crippen MR) is 82.7 cm³/mol. The Labute approximate surface area is 126 Å². The third kappa shape index (κ3) is 4.06. The maximum Gasteiger partial charge on any atom is 0.337 e. The number of methoxy groups -OCH3 is 1. The number of anilines is 1. The lowest BCUT2D eigenvalue weighted by molar-refractivity contribution is 0.0601. The van der Waals surface area contributed by atoms with Crippen LogP contribution in [0, 0.1) is 0 Å². The van der Waals surface area contributed by atoms with E-state index in [4.69, 9.17) is 0 Å². The number of thiophene rings is 1. The number of esters is 1. The number of benzene rings is 1. The topological polar surface area (TPSA) is 67.4 Å². The largest absolute Gasteiger partial charge is 0.465 e. The summed E-state index contributed by atoms with van der Waals surface area (Å²) >= 11 is 1.59. The van der Waals surface area contributed by atoms with Gasteiger partial charge in [-0.15, -0.1) is 11.3 Å². The quantitative estimate of drug-likeness (QED) is 0.851. The molecule has 0 aliphatic carbocycles. The van der Waals surface area contributed by atoms with E-state index in [1.165, 1.54) is 7.11 Å². The summed E-state index contributed by atoms with van der Waals surface area (Å²) in [5.74, 6) is -0.405. The van der Waals surface area contributed by atoms with E-state index in [1.54, 1.807) is 35.6 Å². The van der Waals surface area contributed by atoms with E-state index in [1.807, 2.05) is 24.4 Å². The van der Waals surface area contributed by atoms with Gasteiger partial charge in [-0.25, -0.2) is 9.59 Å². The van der Waals surface area contributed by atoms with Crippen LogP contribution in [0.5, 0.6) is 0 Å². The van der Waals surface area contributed by atoms with Crippen molar-refractivity contribution in [2.45, 2.75) is 13.0 Å². The highest BCUT2D eigenvalue weighted by molar-refractivity contribution is 7.10. The summed E-state index contributed by atoms with van der Waals surface area (Å²) in [4.78, 5) is 24.3. The zero-order valence-corrected chi connectivity index (χ0v) is 12.6. The highest BCUT2D eigenvalue weighted by Gasteiger charge is 2.10. The van der Waals surface area contributed by atoms with Crippen molar-refractivity contribution in [3.63, 3.8) is 0 Å². The van der Waals surface area contributed by atoms with Crippen LogP contribution in [0.2, 0.25) is 0 Å². The third-order valence-electron chi connectivity index (χ3n) is 2.88. The number of nitrogens with one attached hydrogen (secondary N) is 2. The fourth-order valence-electron chi connectivity index (χ4n) is 1.78. The fraction of sp³-hybridized carbons (Fsp3) is 0.200. The standard InChI is InChI=1S/C15H16N2O3S/c1-10(13-4-3-9-21-13)16-15(19)17-12-7-5-11(6-8-12)14(18)20-2/h3-10H,1-2H3,(H2,16,17,19)/t10-/m0/s1. The first kappa shape index (κ1) is 15.1. The molecule has 6 heteroatoms. The molecule has 0 bridgehead atoms. The zero-order valence-electron chi connectivity index (χ0n) is 11.8. The molecule has 21 heavy (non-hydrogen) atoms. The Morgan fingerprint density at radius 1 is 1.19 bits per heavy atom. The molecule has 0 saturated heterocycles. The minimum absolute atomic E-state index is 0.0562. The molecule has 1 heterocycles. The van der Waals surface area contributed by atoms with Crippen LogP contribution in [0.15, 0.2) is 41.8 Å². The van der Waals surface area contributed by atoms with Crippen LogP contribution in [-0.2, 0) is 4.74 Å². The lowest BCUT2D eigenvalue weighted by Gasteiger charge is -2.13. The summed E-state index contributed by atoms with van der Waals surface area (Å²) in [7, 11) is 1.33. The average molecular weight is 304 g/mol. The van der Waals surface area contributed by atoms with Crippen molar-refractivity contribution in [2.75, 3.05) is 12.4 Å². The van der Waals surface area contributed by atoms with Gasteiger partial charge in [0.15, 0.2) is 0 Å². The van der Waals surface area contributed by atoms with Gasteiger partial charge in [0.25, 0.3) is 0 Å². The van der Waals surface area contributed by atoms with E-state index >= 15 is 0 Å². The second-order valence-corrected chi connectivity index (χ2v) is 5.38. The molecule has 0 aliphatic rings. The van der Waals surface area contributed by atoms with E-state index < -0.39 is 5.97 Å². The molecule has 2 N–H and O–H groups in total. The van der Waals surface area contributed by atoms with E-state index in [-0.39, 0.29) is 12.1 Å². The van der Waals surface area contributed by atoms with Crippen LogP contribution in [0.4, 0.5) is 10.5 Å². The van der Waals surface area contributed by atoms with Crippen molar-refractivity contribution >= 4 is 29.0 Å². The Morgan fingerprint density at radius 2 is 1.90 bits per heavy atom. The van der Waals surface area contributed by atoms with Crippen molar-refractivity contribution in [1.82, 2.24) is 5.32 Å². The Morgan fingerprint density at radius 3 is 2.48 bits per heavy atom. The molecule has 5 nitrogen and oxygen atoms in total. The van der Waals surface area contributed by atoms with Gasteiger partial charge in [-0.3, -0.25) is 0 Å². The van der Waals surface area contributed by atoms with Gasteiger partial charge in [-0.1, -0.05) is 6.07 Å². The monoisotopic (exact) mass is 304 g/mol. The summed E-state index contributed by atoms with van der Waals surface area (Å²) in [6.07, 6.45) is 0. The first-order valence-electron chi connectivity index (χ1n) is 6.39. The number of hydrogen-bond donors (Lipinski definition) is 2. The summed E-state index contributed by atoms with van der Waals surface area (Å²) in [5.41, 5.74) is 1.05. The minimum Gasteiger partial charge on any atom is -0.465 e. The second-order valence-electron chi connectivity index (χ2n) is 4.40. The SMILES string of the molecule is COC(=O)c1ccc(NC(=O)N[C@@H](C)c2cccs2)cc1. The number of urea groups is 1. The molecule has 0 fully saturated rings. The van der Waals surface area contributed by atoms with Gasteiger partial charge in [0.2, 0.25) is 0 Å². The molecule has 0 saturated carbocycles.